The molecule has 1 aliphatic heterocycles. The van der Waals surface area contributed by atoms with Gasteiger partial charge in [0.15, 0.2) is 0 Å². The Labute approximate surface area is 146 Å². The number of likely N-dealkylation sites (tertiary alicyclic amines) is 1. The molecule has 1 amide bonds. The van der Waals surface area contributed by atoms with Gasteiger partial charge in [0.25, 0.3) is 0 Å². The maximum Gasteiger partial charge on any atom is 0.307 e. The predicted molar refractivity (Wildman–Crippen MR) is 97.6 cm³/mol. The lowest BCUT2D eigenvalue weighted by atomic mass is 10.0. The van der Waals surface area contributed by atoms with Crippen LogP contribution in [0.3, 0.4) is 0 Å². The van der Waals surface area contributed by atoms with Crippen molar-refractivity contribution >= 4 is 17.2 Å². The Morgan fingerprint density at radius 2 is 2.00 bits per heavy atom. The van der Waals surface area contributed by atoms with Crippen LogP contribution in [0.4, 0.5) is 0 Å². The fourth-order valence-electron chi connectivity index (χ4n) is 3.40. The van der Waals surface area contributed by atoms with Crippen LogP contribution in [0.15, 0.2) is 34.4 Å². The topological polar surface area (TPSA) is 42.3 Å². The van der Waals surface area contributed by atoms with Gasteiger partial charge < -0.3 is 9.47 Å². The Kier molecular flexibility index (Phi) is 5.19. The molecule has 128 valence electrons. The van der Waals surface area contributed by atoms with E-state index in [-0.39, 0.29) is 10.8 Å². The lowest BCUT2D eigenvalue weighted by Crippen LogP contribution is -2.37. The zero-order valence-corrected chi connectivity index (χ0v) is 15.1. The minimum absolute atomic E-state index is 0.0259. The molecule has 1 aromatic heterocycles. The van der Waals surface area contributed by atoms with Crippen molar-refractivity contribution in [2.45, 2.75) is 52.1 Å². The van der Waals surface area contributed by atoms with E-state index in [2.05, 4.69) is 31.2 Å². The van der Waals surface area contributed by atoms with E-state index in [0.717, 1.165) is 31.5 Å². The molecule has 0 radical (unpaired) electrons. The third-order valence-corrected chi connectivity index (χ3v) is 5.70. The highest BCUT2D eigenvalue weighted by atomic mass is 32.1. The molecule has 1 aliphatic rings. The normalized spacial score (nSPS) is 17.4. The summed E-state index contributed by atoms with van der Waals surface area (Å²) in [6.07, 6.45) is 3.46. The Balaban J connectivity index is 1.61. The van der Waals surface area contributed by atoms with E-state index >= 15 is 0 Å². The van der Waals surface area contributed by atoms with Crippen LogP contribution in [0.1, 0.15) is 36.1 Å². The summed E-state index contributed by atoms with van der Waals surface area (Å²) in [5.41, 5.74) is 3.49. The first kappa shape index (κ1) is 17.0. The average Bonchev–Trinajstić information content (AvgIpc) is 3.15. The third-order valence-electron chi connectivity index (χ3n) is 4.82. The maximum atomic E-state index is 12.6. The quantitative estimate of drug-likeness (QED) is 0.836. The van der Waals surface area contributed by atoms with E-state index in [1.54, 1.807) is 4.57 Å². The number of carbonyl (C=O) groups excluding carboxylic acids is 1. The highest BCUT2D eigenvalue weighted by Crippen LogP contribution is 2.22. The molecule has 4 nitrogen and oxygen atoms in total. The minimum atomic E-state index is 0.0259. The fourth-order valence-corrected chi connectivity index (χ4v) is 4.16. The summed E-state index contributed by atoms with van der Waals surface area (Å²) in [5, 5.41) is 1.85. The van der Waals surface area contributed by atoms with E-state index < -0.39 is 0 Å². The van der Waals surface area contributed by atoms with Gasteiger partial charge in [-0.25, -0.2) is 0 Å². The first-order chi connectivity index (χ1) is 11.5. The largest absolute Gasteiger partial charge is 0.339 e. The van der Waals surface area contributed by atoms with Crippen LogP contribution in [0.5, 0.6) is 0 Å². The van der Waals surface area contributed by atoms with Crippen LogP contribution in [-0.2, 0) is 17.8 Å². The molecule has 1 fully saturated rings. The number of carbonyl (C=O) groups is 1. The van der Waals surface area contributed by atoms with Gasteiger partial charge in [0.05, 0.1) is 0 Å². The van der Waals surface area contributed by atoms with Gasteiger partial charge in [-0.1, -0.05) is 41.2 Å². The van der Waals surface area contributed by atoms with E-state index in [0.29, 0.717) is 19.0 Å². The van der Waals surface area contributed by atoms with Gasteiger partial charge in [-0.2, -0.15) is 0 Å². The summed E-state index contributed by atoms with van der Waals surface area (Å²) in [5.74, 6) is 0.169. The first-order valence-corrected chi connectivity index (χ1v) is 9.42. The SMILES string of the molecule is Cc1ccc(C[C@H]2CCCN2C(=O)CCn2c(C)csc2=O)cc1. The molecular weight excluding hydrogens is 320 g/mol. The summed E-state index contributed by atoms with van der Waals surface area (Å²) in [4.78, 5) is 26.4. The molecule has 24 heavy (non-hydrogen) atoms. The molecular formula is C19H24N2O2S. The van der Waals surface area contributed by atoms with Gasteiger partial charge in [-0.05, 0) is 38.7 Å². The van der Waals surface area contributed by atoms with Crippen LogP contribution in [0, 0.1) is 13.8 Å². The molecule has 1 aromatic carbocycles. The fraction of sp³-hybridized carbons (Fsp3) is 0.474. The highest BCUT2D eigenvalue weighted by Gasteiger charge is 2.28. The molecule has 0 saturated carbocycles. The number of rotatable bonds is 5. The van der Waals surface area contributed by atoms with Crippen LogP contribution >= 0.6 is 11.3 Å². The zero-order valence-electron chi connectivity index (χ0n) is 14.3. The average molecular weight is 344 g/mol. The number of aryl methyl sites for hydroxylation is 2. The van der Waals surface area contributed by atoms with Crippen LogP contribution in [-0.4, -0.2) is 28.0 Å². The molecule has 2 heterocycles. The second-order valence-corrected chi connectivity index (χ2v) is 7.44. The minimum Gasteiger partial charge on any atom is -0.339 e. The Morgan fingerprint density at radius 3 is 2.67 bits per heavy atom. The van der Waals surface area contributed by atoms with Crippen molar-refractivity contribution in [3.8, 4) is 0 Å². The van der Waals surface area contributed by atoms with Crippen molar-refractivity contribution in [2.75, 3.05) is 6.54 Å². The van der Waals surface area contributed by atoms with E-state index in [1.807, 2.05) is 17.2 Å². The molecule has 1 saturated heterocycles. The zero-order chi connectivity index (χ0) is 17.1. The molecule has 0 aliphatic carbocycles. The number of aromatic nitrogens is 1. The van der Waals surface area contributed by atoms with Crippen LogP contribution in [0.2, 0.25) is 0 Å². The first-order valence-electron chi connectivity index (χ1n) is 8.54. The summed E-state index contributed by atoms with van der Waals surface area (Å²) in [6, 6.07) is 8.86. The number of nitrogens with zero attached hydrogens (tertiary/aromatic N) is 2. The molecule has 0 unspecified atom stereocenters. The smallest absolute Gasteiger partial charge is 0.307 e. The van der Waals surface area contributed by atoms with Crippen molar-refractivity contribution in [3.63, 3.8) is 0 Å². The molecule has 0 bridgehead atoms. The van der Waals surface area contributed by atoms with Crippen molar-refractivity contribution in [3.05, 3.63) is 56.1 Å². The standard InChI is InChI=1S/C19H24N2O2S/c1-14-5-7-16(8-6-14)12-17-4-3-10-21(17)18(22)9-11-20-15(2)13-24-19(20)23/h5-8,13,17H,3-4,9-12H2,1-2H3/t17-/m1/s1. The lowest BCUT2D eigenvalue weighted by Gasteiger charge is -2.25. The third kappa shape index (κ3) is 3.78. The van der Waals surface area contributed by atoms with Gasteiger partial charge in [0.2, 0.25) is 5.91 Å². The summed E-state index contributed by atoms with van der Waals surface area (Å²) >= 11 is 1.20. The predicted octanol–water partition coefficient (Wildman–Crippen LogP) is 3.15. The number of hydrogen-bond donors (Lipinski definition) is 0. The molecule has 0 N–H and O–H groups in total. The van der Waals surface area contributed by atoms with Crippen LogP contribution in [0.25, 0.3) is 0 Å². The monoisotopic (exact) mass is 344 g/mol. The summed E-state index contributed by atoms with van der Waals surface area (Å²) in [6.45, 7) is 5.33. The number of benzene rings is 1. The summed E-state index contributed by atoms with van der Waals surface area (Å²) in [7, 11) is 0. The number of hydrogen-bond acceptors (Lipinski definition) is 3. The molecule has 5 heteroatoms. The number of thiazole rings is 1. The lowest BCUT2D eigenvalue weighted by molar-refractivity contribution is -0.132. The Bertz CT molecular complexity index is 760. The molecule has 0 spiro atoms. The molecule has 2 aromatic rings. The molecule has 1 atom stereocenters. The van der Waals surface area contributed by atoms with E-state index in [9.17, 15) is 9.59 Å². The van der Waals surface area contributed by atoms with Gasteiger partial charge in [-0.15, -0.1) is 0 Å². The van der Waals surface area contributed by atoms with Crippen molar-refractivity contribution in [1.29, 1.82) is 0 Å². The van der Waals surface area contributed by atoms with E-state index in [1.165, 1.54) is 22.5 Å². The van der Waals surface area contributed by atoms with Crippen LogP contribution < -0.4 is 4.87 Å². The van der Waals surface area contributed by atoms with Gasteiger partial charge in [-0.3, -0.25) is 9.59 Å². The Morgan fingerprint density at radius 1 is 1.25 bits per heavy atom. The maximum absolute atomic E-state index is 12.6. The van der Waals surface area contributed by atoms with Crippen molar-refractivity contribution in [1.82, 2.24) is 9.47 Å². The second-order valence-electron chi connectivity index (χ2n) is 6.62. The number of amides is 1. The van der Waals surface area contributed by atoms with Crippen molar-refractivity contribution < 1.29 is 4.79 Å². The summed E-state index contributed by atoms with van der Waals surface area (Å²) < 4.78 is 1.70. The van der Waals surface area contributed by atoms with Crippen molar-refractivity contribution in [2.24, 2.45) is 0 Å². The molecule has 3 rings (SSSR count). The second kappa shape index (κ2) is 7.34. The van der Waals surface area contributed by atoms with Gasteiger partial charge in [0.1, 0.15) is 0 Å². The van der Waals surface area contributed by atoms with E-state index in [4.69, 9.17) is 0 Å². The Hall–Kier alpha value is -1.88. The highest BCUT2D eigenvalue weighted by molar-refractivity contribution is 7.07. The van der Waals surface area contributed by atoms with Gasteiger partial charge >= 0.3 is 4.87 Å². The van der Waals surface area contributed by atoms with Gasteiger partial charge in [0, 0.05) is 36.6 Å².